The van der Waals surface area contributed by atoms with Crippen LogP contribution in [-0.4, -0.2) is 50.9 Å². The number of halogens is 1. The van der Waals surface area contributed by atoms with Gasteiger partial charge in [0.1, 0.15) is 24.2 Å². The molecule has 0 radical (unpaired) electrons. The topological polar surface area (TPSA) is 96.0 Å². The van der Waals surface area contributed by atoms with Crippen molar-refractivity contribution in [1.82, 2.24) is 10.2 Å². The Bertz CT molecular complexity index is 1740. The quantitative estimate of drug-likeness (QED) is 0.185. The molecular formula is C36H40FN3O5S. The van der Waals surface area contributed by atoms with E-state index < -0.39 is 40.2 Å². The second-order valence-corrected chi connectivity index (χ2v) is 13.0. The molecule has 2 amide bonds. The summed E-state index contributed by atoms with van der Waals surface area (Å²) in [7, 11) is -2.89. The predicted octanol–water partition coefficient (Wildman–Crippen LogP) is 5.89. The van der Waals surface area contributed by atoms with E-state index in [9.17, 15) is 18.0 Å². The molecule has 1 N–H and O–H groups in total. The van der Waals surface area contributed by atoms with E-state index in [2.05, 4.69) is 5.32 Å². The monoisotopic (exact) mass is 645 g/mol. The molecular weight excluding hydrogens is 605 g/mol. The first-order chi connectivity index (χ1) is 22.0. The summed E-state index contributed by atoms with van der Waals surface area (Å²) in [5.41, 5.74) is 1.88. The first-order valence-corrected chi connectivity index (χ1v) is 16.6. The summed E-state index contributed by atoms with van der Waals surface area (Å²) in [6.45, 7) is 4.66. The summed E-state index contributed by atoms with van der Waals surface area (Å²) in [5, 5.41) is 2.97. The van der Waals surface area contributed by atoms with E-state index in [0.29, 0.717) is 6.42 Å². The van der Waals surface area contributed by atoms with Gasteiger partial charge in [-0.25, -0.2) is 12.8 Å². The van der Waals surface area contributed by atoms with Gasteiger partial charge in [0.2, 0.25) is 11.8 Å². The first kappa shape index (κ1) is 34.2. The zero-order chi connectivity index (χ0) is 33.3. The van der Waals surface area contributed by atoms with Crippen molar-refractivity contribution in [2.75, 3.05) is 18.0 Å². The molecule has 0 spiro atoms. The molecule has 0 saturated heterocycles. The SMILES string of the molecule is CCC(C)NC(=O)C(Cc1ccccc1)N(Cc1ccccc1F)C(=O)CN(c1cc(C)ccc1OC)S(=O)(=O)c1ccccc1. The van der Waals surface area contributed by atoms with Gasteiger partial charge in [0.15, 0.2) is 0 Å². The van der Waals surface area contributed by atoms with Crippen LogP contribution in [0.5, 0.6) is 5.75 Å². The van der Waals surface area contributed by atoms with Crippen molar-refractivity contribution in [3.63, 3.8) is 0 Å². The third-order valence-electron chi connectivity index (χ3n) is 7.78. The summed E-state index contributed by atoms with van der Waals surface area (Å²) in [6, 6.07) is 26.8. The van der Waals surface area contributed by atoms with E-state index in [1.54, 1.807) is 61.5 Å². The average molecular weight is 646 g/mol. The number of hydrogen-bond donors (Lipinski definition) is 1. The lowest BCUT2D eigenvalue weighted by molar-refractivity contribution is -0.140. The third kappa shape index (κ3) is 8.31. The number of methoxy groups -OCH3 is 1. The predicted molar refractivity (Wildman–Crippen MR) is 177 cm³/mol. The number of nitrogens with zero attached hydrogens (tertiary/aromatic N) is 2. The van der Waals surface area contributed by atoms with Crippen molar-refractivity contribution in [3.05, 3.63) is 126 Å². The molecule has 2 unspecified atom stereocenters. The van der Waals surface area contributed by atoms with Crippen molar-refractivity contribution in [1.29, 1.82) is 0 Å². The fourth-order valence-corrected chi connectivity index (χ4v) is 6.47. The number of benzene rings is 4. The number of carbonyl (C=O) groups is 2. The van der Waals surface area contributed by atoms with Crippen LogP contribution >= 0.6 is 0 Å². The Hall–Kier alpha value is -4.70. The number of aryl methyl sites for hydroxylation is 1. The van der Waals surface area contributed by atoms with Crippen LogP contribution in [0.25, 0.3) is 0 Å². The summed E-state index contributed by atoms with van der Waals surface area (Å²) in [4.78, 5) is 29.7. The molecule has 0 aromatic heterocycles. The molecule has 0 bridgehead atoms. The van der Waals surface area contributed by atoms with Gasteiger partial charge in [-0.2, -0.15) is 0 Å². The Balaban J connectivity index is 1.86. The molecule has 0 aliphatic heterocycles. The second-order valence-electron chi connectivity index (χ2n) is 11.1. The molecule has 0 fully saturated rings. The van der Waals surface area contributed by atoms with Gasteiger partial charge in [-0.15, -0.1) is 0 Å². The smallest absolute Gasteiger partial charge is 0.264 e. The number of anilines is 1. The molecule has 0 saturated carbocycles. The lowest BCUT2D eigenvalue weighted by atomic mass is 10.0. The van der Waals surface area contributed by atoms with Crippen molar-refractivity contribution >= 4 is 27.5 Å². The van der Waals surface area contributed by atoms with Gasteiger partial charge >= 0.3 is 0 Å². The highest BCUT2D eigenvalue weighted by Gasteiger charge is 2.36. The van der Waals surface area contributed by atoms with Gasteiger partial charge in [-0.3, -0.25) is 13.9 Å². The highest BCUT2D eigenvalue weighted by molar-refractivity contribution is 7.92. The van der Waals surface area contributed by atoms with Gasteiger partial charge in [-0.1, -0.05) is 79.7 Å². The molecule has 242 valence electrons. The maximum atomic E-state index is 15.1. The van der Waals surface area contributed by atoms with E-state index >= 15 is 4.39 Å². The third-order valence-corrected chi connectivity index (χ3v) is 9.56. The molecule has 0 heterocycles. The van der Waals surface area contributed by atoms with Gasteiger partial charge in [0.05, 0.1) is 17.7 Å². The number of nitrogens with one attached hydrogen (secondary N) is 1. The molecule has 4 aromatic rings. The number of ether oxygens (including phenoxy) is 1. The van der Waals surface area contributed by atoms with Crippen molar-refractivity contribution < 1.29 is 27.1 Å². The van der Waals surface area contributed by atoms with Crippen molar-refractivity contribution in [2.45, 2.75) is 57.1 Å². The zero-order valence-electron chi connectivity index (χ0n) is 26.5. The molecule has 4 rings (SSSR count). The van der Waals surface area contributed by atoms with Gasteiger partial charge in [0.25, 0.3) is 10.0 Å². The lowest BCUT2D eigenvalue weighted by Gasteiger charge is -2.34. The largest absolute Gasteiger partial charge is 0.495 e. The molecule has 8 nitrogen and oxygen atoms in total. The minimum absolute atomic E-state index is 0.0256. The number of rotatable bonds is 14. The maximum Gasteiger partial charge on any atom is 0.264 e. The summed E-state index contributed by atoms with van der Waals surface area (Å²) < 4.78 is 50.1. The Morgan fingerprint density at radius 2 is 1.54 bits per heavy atom. The van der Waals surface area contributed by atoms with Crippen LogP contribution in [0.4, 0.5) is 10.1 Å². The van der Waals surface area contributed by atoms with Crippen LogP contribution in [-0.2, 0) is 32.6 Å². The van der Waals surface area contributed by atoms with Crippen LogP contribution < -0.4 is 14.4 Å². The summed E-state index contributed by atoms with van der Waals surface area (Å²) >= 11 is 0. The van der Waals surface area contributed by atoms with Crippen LogP contribution in [0.3, 0.4) is 0 Å². The second kappa shape index (κ2) is 15.5. The fraction of sp³-hybridized carbons (Fsp3) is 0.278. The van der Waals surface area contributed by atoms with Gasteiger partial charge < -0.3 is 15.0 Å². The Morgan fingerprint density at radius 1 is 0.913 bits per heavy atom. The first-order valence-electron chi connectivity index (χ1n) is 15.1. The van der Waals surface area contributed by atoms with E-state index in [4.69, 9.17) is 4.74 Å². The maximum absolute atomic E-state index is 15.1. The average Bonchev–Trinajstić information content (AvgIpc) is 3.06. The van der Waals surface area contributed by atoms with E-state index in [0.717, 1.165) is 15.4 Å². The highest BCUT2D eigenvalue weighted by atomic mass is 32.2. The number of amides is 2. The van der Waals surface area contributed by atoms with Crippen LogP contribution in [0, 0.1) is 12.7 Å². The van der Waals surface area contributed by atoms with Crippen molar-refractivity contribution in [3.8, 4) is 5.75 Å². The highest BCUT2D eigenvalue weighted by Crippen LogP contribution is 2.34. The Labute approximate surface area is 270 Å². The fourth-order valence-electron chi connectivity index (χ4n) is 5.03. The minimum Gasteiger partial charge on any atom is -0.495 e. The van der Waals surface area contributed by atoms with Crippen LogP contribution in [0.1, 0.15) is 37.0 Å². The molecule has 46 heavy (non-hydrogen) atoms. The van der Waals surface area contributed by atoms with Gasteiger partial charge in [-0.05, 0) is 61.7 Å². The van der Waals surface area contributed by atoms with Gasteiger partial charge in [0, 0.05) is 24.6 Å². The molecule has 2 atom stereocenters. The Kier molecular flexibility index (Phi) is 11.5. The van der Waals surface area contributed by atoms with Crippen LogP contribution in [0.2, 0.25) is 0 Å². The van der Waals surface area contributed by atoms with Crippen molar-refractivity contribution in [2.24, 2.45) is 0 Å². The van der Waals surface area contributed by atoms with E-state index in [1.807, 2.05) is 44.2 Å². The number of hydrogen-bond acceptors (Lipinski definition) is 5. The van der Waals surface area contributed by atoms with Crippen LogP contribution in [0.15, 0.2) is 108 Å². The Morgan fingerprint density at radius 3 is 2.17 bits per heavy atom. The lowest BCUT2D eigenvalue weighted by Crippen LogP contribution is -2.54. The minimum atomic E-state index is -4.31. The molecule has 4 aromatic carbocycles. The summed E-state index contributed by atoms with van der Waals surface area (Å²) in [6.07, 6.45) is 0.782. The standard InChI is InChI=1S/C36H40FN3O5S/c1-5-27(3)38-36(42)33(23-28-14-8-6-9-15-28)39(24-29-16-12-13-19-31(29)37)35(41)25-40(32-22-26(2)20-21-34(32)45-4)46(43,44)30-17-10-7-11-18-30/h6-22,27,33H,5,23-25H2,1-4H3,(H,38,42). The number of carbonyl (C=O) groups excluding carboxylic acids is 2. The zero-order valence-corrected chi connectivity index (χ0v) is 27.3. The number of sulfonamides is 1. The molecule has 0 aliphatic carbocycles. The van der Waals surface area contributed by atoms with E-state index in [-0.39, 0.29) is 40.9 Å². The summed E-state index contributed by atoms with van der Waals surface area (Å²) in [5.74, 6) is -1.41. The molecule has 0 aliphatic rings. The normalized spacial score (nSPS) is 12.5. The van der Waals surface area contributed by atoms with E-state index in [1.165, 1.54) is 30.2 Å². The molecule has 10 heteroatoms.